The molecular formula is C29H36N2O4S. The molecule has 1 aromatic heterocycles. The molecule has 36 heavy (non-hydrogen) atoms. The fourth-order valence-corrected chi connectivity index (χ4v) is 6.39. The Labute approximate surface area is 214 Å². The Kier molecular flexibility index (Phi) is 7.85. The van der Waals surface area contributed by atoms with E-state index in [1.54, 1.807) is 12.1 Å². The van der Waals surface area contributed by atoms with Crippen LogP contribution in [0.1, 0.15) is 36.1 Å². The molecule has 0 aliphatic rings. The highest BCUT2D eigenvalue weighted by Crippen LogP contribution is 2.35. The van der Waals surface area contributed by atoms with Crippen molar-refractivity contribution in [1.29, 1.82) is 0 Å². The SMILES string of the molecule is CCOC(CN(Cc1cc(C)c2c(c1C)c1ccccc1n2C)S(=O)(=O)c1ccc(C)cc1)OCC. The summed E-state index contributed by atoms with van der Waals surface area (Å²) in [7, 11) is -1.72. The number of benzene rings is 3. The Bertz CT molecular complexity index is 1470. The second kappa shape index (κ2) is 10.7. The summed E-state index contributed by atoms with van der Waals surface area (Å²) in [5, 5.41) is 2.34. The van der Waals surface area contributed by atoms with E-state index in [1.807, 2.05) is 45.0 Å². The maximum atomic E-state index is 13.9. The number of rotatable bonds is 10. The van der Waals surface area contributed by atoms with Gasteiger partial charge in [-0.1, -0.05) is 42.0 Å². The first-order chi connectivity index (χ1) is 17.2. The van der Waals surface area contributed by atoms with Gasteiger partial charge in [-0.25, -0.2) is 8.42 Å². The van der Waals surface area contributed by atoms with E-state index >= 15 is 0 Å². The molecular weight excluding hydrogens is 472 g/mol. The summed E-state index contributed by atoms with van der Waals surface area (Å²) in [6.45, 7) is 11.1. The molecule has 192 valence electrons. The van der Waals surface area contributed by atoms with Crippen molar-refractivity contribution in [3.8, 4) is 0 Å². The average molecular weight is 509 g/mol. The van der Waals surface area contributed by atoms with Crippen molar-refractivity contribution < 1.29 is 17.9 Å². The molecule has 4 rings (SSSR count). The molecule has 0 aliphatic carbocycles. The van der Waals surface area contributed by atoms with E-state index in [9.17, 15) is 8.42 Å². The highest BCUT2D eigenvalue weighted by molar-refractivity contribution is 7.89. The standard InChI is InChI=1S/C29H36N2O4S/c1-7-34-27(35-8-2)19-31(36(32,33)24-15-13-20(3)14-16-24)18-23-17-21(4)29-28(22(23)5)25-11-9-10-12-26(25)30(29)6/h9-17,27H,7-8,18-19H2,1-6H3. The quantitative estimate of drug-likeness (QED) is 0.252. The van der Waals surface area contributed by atoms with Crippen molar-refractivity contribution in [2.24, 2.45) is 7.05 Å². The van der Waals surface area contributed by atoms with Crippen LogP contribution < -0.4 is 0 Å². The van der Waals surface area contributed by atoms with Gasteiger partial charge in [0.2, 0.25) is 10.0 Å². The molecule has 0 amide bonds. The molecule has 0 aliphatic heterocycles. The molecule has 6 nitrogen and oxygen atoms in total. The van der Waals surface area contributed by atoms with Gasteiger partial charge in [0, 0.05) is 43.1 Å². The zero-order valence-electron chi connectivity index (χ0n) is 22.0. The van der Waals surface area contributed by atoms with Crippen LogP contribution in [0.25, 0.3) is 21.8 Å². The Morgan fingerprint density at radius 2 is 1.58 bits per heavy atom. The second-order valence-corrected chi connectivity index (χ2v) is 11.2. The summed E-state index contributed by atoms with van der Waals surface area (Å²) in [5.41, 5.74) is 6.51. The lowest BCUT2D eigenvalue weighted by Gasteiger charge is -2.28. The van der Waals surface area contributed by atoms with Crippen molar-refractivity contribution in [1.82, 2.24) is 8.87 Å². The van der Waals surface area contributed by atoms with E-state index in [2.05, 4.69) is 43.7 Å². The molecule has 0 unspecified atom stereocenters. The Hall–Kier alpha value is -2.71. The predicted octanol–water partition coefficient (Wildman–Crippen LogP) is 5.85. The predicted molar refractivity (Wildman–Crippen MR) is 146 cm³/mol. The minimum absolute atomic E-state index is 0.101. The van der Waals surface area contributed by atoms with Crippen molar-refractivity contribution in [2.45, 2.75) is 52.3 Å². The topological polar surface area (TPSA) is 60.8 Å². The number of ether oxygens (including phenoxy) is 2. The molecule has 0 saturated heterocycles. The first kappa shape index (κ1) is 26.4. The molecule has 0 atom stereocenters. The molecule has 1 heterocycles. The van der Waals surface area contributed by atoms with E-state index in [0.29, 0.717) is 13.2 Å². The summed E-state index contributed by atoms with van der Waals surface area (Å²) in [6.07, 6.45) is -0.650. The molecule has 0 saturated carbocycles. The van der Waals surface area contributed by atoms with Gasteiger partial charge in [0.25, 0.3) is 0 Å². The van der Waals surface area contributed by atoms with Crippen LogP contribution in [-0.2, 0) is 33.1 Å². The molecule has 0 bridgehead atoms. The summed E-state index contributed by atoms with van der Waals surface area (Å²) in [4.78, 5) is 0.264. The maximum absolute atomic E-state index is 13.9. The zero-order valence-corrected chi connectivity index (χ0v) is 22.9. The van der Waals surface area contributed by atoms with Gasteiger partial charge in [-0.05, 0) is 69.5 Å². The minimum Gasteiger partial charge on any atom is -0.352 e. The molecule has 4 aromatic rings. The molecule has 3 aromatic carbocycles. The number of sulfonamides is 1. The van der Waals surface area contributed by atoms with Gasteiger partial charge in [-0.2, -0.15) is 4.31 Å². The summed E-state index contributed by atoms with van der Waals surface area (Å²) in [5.74, 6) is 0. The van der Waals surface area contributed by atoms with Gasteiger partial charge in [0.05, 0.1) is 17.0 Å². The van der Waals surface area contributed by atoms with Gasteiger partial charge >= 0.3 is 0 Å². The average Bonchev–Trinajstić information content (AvgIpc) is 3.15. The van der Waals surface area contributed by atoms with Gasteiger partial charge < -0.3 is 14.0 Å². The number of aryl methyl sites for hydroxylation is 4. The number of nitrogens with zero attached hydrogens (tertiary/aromatic N) is 2. The first-order valence-corrected chi connectivity index (χ1v) is 13.9. The number of hydrogen-bond donors (Lipinski definition) is 0. The fourth-order valence-electron chi connectivity index (χ4n) is 4.99. The zero-order chi connectivity index (χ0) is 26.0. The third kappa shape index (κ3) is 4.93. The van der Waals surface area contributed by atoms with Crippen molar-refractivity contribution >= 4 is 31.8 Å². The summed E-state index contributed by atoms with van der Waals surface area (Å²) >= 11 is 0. The Morgan fingerprint density at radius 1 is 0.944 bits per heavy atom. The maximum Gasteiger partial charge on any atom is 0.243 e. The first-order valence-electron chi connectivity index (χ1n) is 12.4. The van der Waals surface area contributed by atoms with Crippen LogP contribution in [-0.4, -0.2) is 43.3 Å². The summed E-state index contributed by atoms with van der Waals surface area (Å²) in [6, 6.07) is 17.4. The summed E-state index contributed by atoms with van der Waals surface area (Å²) < 4.78 is 43.0. The van der Waals surface area contributed by atoms with E-state index < -0.39 is 16.3 Å². The van der Waals surface area contributed by atoms with Gasteiger partial charge in [-0.3, -0.25) is 0 Å². The third-order valence-corrected chi connectivity index (χ3v) is 8.62. The van der Waals surface area contributed by atoms with Crippen LogP contribution in [0.5, 0.6) is 0 Å². The Balaban J connectivity index is 1.84. The van der Waals surface area contributed by atoms with E-state index in [-0.39, 0.29) is 18.0 Å². The van der Waals surface area contributed by atoms with Crippen LogP contribution in [0.4, 0.5) is 0 Å². The van der Waals surface area contributed by atoms with Crippen molar-refractivity contribution in [3.63, 3.8) is 0 Å². The molecule has 0 radical (unpaired) electrons. The van der Waals surface area contributed by atoms with Crippen LogP contribution >= 0.6 is 0 Å². The molecule has 0 N–H and O–H groups in total. The lowest BCUT2D eigenvalue weighted by atomic mass is 9.98. The van der Waals surface area contributed by atoms with Crippen molar-refractivity contribution in [3.05, 3.63) is 76.9 Å². The monoisotopic (exact) mass is 508 g/mol. The molecule has 0 spiro atoms. The van der Waals surface area contributed by atoms with Gasteiger partial charge in [0.1, 0.15) is 0 Å². The van der Waals surface area contributed by atoms with Crippen LogP contribution in [0, 0.1) is 20.8 Å². The number of hydrogen-bond acceptors (Lipinski definition) is 4. The molecule has 7 heteroatoms. The highest BCUT2D eigenvalue weighted by atomic mass is 32.2. The van der Waals surface area contributed by atoms with E-state index in [0.717, 1.165) is 27.8 Å². The largest absolute Gasteiger partial charge is 0.352 e. The Morgan fingerprint density at radius 3 is 2.22 bits per heavy atom. The third-order valence-electron chi connectivity index (χ3n) is 6.79. The number of aromatic nitrogens is 1. The van der Waals surface area contributed by atoms with Crippen LogP contribution in [0.15, 0.2) is 59.5 Å². The van der Waals surface area contributed by atoms with E-state index in [4.69, 9.17) is 9.47 Å². The minimum atomic E-state index is -3.80. The number of fused-ring (bicyclic) bond motifs is 3. The fraction of sp³-hybridized carbons (Fsp3) is 0.379. The smallest absolute Gasteiger partial charge is 0.243 e. The second-order valence-electron chi connectivity index (χ2n) is 9.23. The normalized spacial score (nSPS) is 12.4. The lowest BCUT2D eigenvalue weighted by Crippen LogP contribution is -2.39. The van der Waals surface area contributed by atoms with Crippen LogP contribution in [0.2, 0.25) is 0 Å². The van der Waals surface area contributed by atoms with Gasteiger partial charge in [-0.15, -0.1) is 0 Å². The van der Waals surface area contributed by atoms with Gasteiger partial charge in [0.15, 0.2) is 6.29 Å². The van der Waals surface area contributed by atoms with E-state index in [1.165, 1.54) is 20.6 Å². The lowest BCUT2D eigenvalue weighted by molar-refractivity contribution is -0.140. The van der Waals surface area contributed by atoms with Crippen LogP contribution in [0.3, 0.4) is 0 Å². The number of para-hydroxylation sites is 1. The highest BCUT2D eigenvalue weighted by Gasteiger charge is 2.29. The molecule has 0 fully saturated rings. The van der Waals surface area contributed by atoms with Crippen molar-refractivity contribution in [2.75, 3.05) is 19.8 Å².